The van der Waals surface area contributed by atoms with Gasteiger partial charge < -0.3 is 14.6 Å². The Morgan fingerprint density at radius 2 is 2.12 bits per heavy atom. The van der Waals surface area contributed by atoms with Crippen molar-refractivity contribution in [3.05, 3.63) is 29.6 Å². The van der Waals surface area contributed by atoms with Crippen LogP contribution in [-0.2, 0) is 11.2 Å². The van der Waals surface area contributed by atoms with Crippen LogP contribution < -0.4 is 4.74 Å². The van der Waals surface area contributed by atoms with Crippen molar-refractivity contribution in [1.29, 1.82) is 0 Å². The van der Waals surface area contributed by atoms with Gasteiger partial charge in [-0.15, -0.1) is 0 Å². The number of halogens is 1. The van der Waals surface area contributed by atoms with Crippen LogP contribution in [0.5, 0.6) is 5.75 Å². The van der Waals surface area contributed by atoms with Crippen molar-refractivity contribution in [1.82, 2.24) is 0 Å². The van der Waals surface area contributed by atoms with E-state index in [0.717, 1.165) is 0 Å². The van der Waals surface area contributed by atoms with Gasteiger partial charge in [0.2, 0.25) is 0 Å². The second kappa shape index (κ2) is 5.02. The zero-order valence-corrected chi connectivity index (χ0v) is 9.91. The molecule has 4 heteroatoms. The highest BCUT2D eigenvalue weighted by Crippen LogP contribution is 2.29. The maximum absolute atomic E-state index is 13.2. The molecule has 0 saturated carbocycles. The first-order valence-electron chi connectivity index (χ1n) is 5.75. The summed E-state index contributed by atoms with van der Waals surface area (Å²) in [6.07, 6.45) is 1.55. The summed E-state index contributed by atoms with van der Waals surface area (Å²) in [4.78, 5) is 0. The third-order valence-corrected chi connectivity index (χ3v) is 3.19. The first kappa shape index (κ1) is 12.3. The van der Waals surface area contributed by atoms with Gasteiger partial charge in [-0.3, -0.25) is 0 Å². The maximum Gasteiger partial charge on any atom is 0.123 e. The fourth-order valence-electron chi connectivity index (χ4n) is 2.17. The fraction of sp³-hybridized carbons (Fsp3) is 0.538. The third-order valence-electron chi connectivity index (χ3n) is 3.19. The minimum atomic E-state index is -0.806. The smallest absolute Gasteiger partial charge is 0.123 e. The lowest BCUT2D eigenvalue weighted by atomic mass is 9.87. The van der Waals surface area contributed by atoms with E-state index in [2.05, 4.69) is 0 Å². The number of methoxy groups -OCH3 is 1. The minimum Gasteiger partial charge on any atom is -0.496 e. The topological polar surface area (TPSA) is 38.7 Å². The minimum absolute atomic E-state index is 0.309. The lowest BCUT2D eigenvalue weighted by Gasteiger charge is -2.32. The van der Waals surface area contributed by atoms with Crippen molar-refractivity contribution in [2.75, 3.05) is 20.3 Å². The summed E-state index contributed by atoms with van der Waals surface area (Å²) in [5.41, 5.74) is -0.101. The second-order valence-corrected chi connectivity index (χ2v) is 4.47. The third kappa shape index (κ3) is 2.96. The highest BCUT2D eigenvalue weighted by molar-refractivity contribution is 5.35. The predicted molar refractivity (Wildman–Crippen MR) is 61.7 cm³/mol. The monoisotopic (exact) mass is 240 g/mol. The Morgan fingerprint density at radius 3 is 2.76 bits per heavy atom. The number of ether oxygens (including phenoxy) is 2. The largest absolute Gasteiger partial charge is 0.496 e. The molecule has 0 atom stereocenters. The molecule has 1 saturated heterocycles. The molecule has 1 aromatic rings. The van der Waals surface area contributed by atoms with Crippen LogP contribution in [0, 0.1) is 5.82 Å². The Balaban J connectivity index is 2.19. The standard InChI is InChI=1S/C13H17FO3/c1-16-12-3-2-11(14)8-10(12)9-13(15)4-6-17-7-5-13/h2-3,8,15H,4-7,9H2,1H3. The molecule has 94 valence electrons. The molecule has 0 spiro atoms. The molecule has 1 aromatic carbocycles. The highest BCUT2D eigenvalue weighted by Gasteiger charge is 2.31. The van der Waals surface area contributed by atoms with Crippen molar-refractivity contribution in [2.24, 2.45) is 0 Å². The molecule has 1 heterocycles. The van der Waals surface area contributed by atoms with E-state index >= 15 is 0 Å². The average Bonchev–Trinajstić information content (AvgIpc) is 2.29. The van der Waals surface area contributed by atoms with Gasteiger partial charge >= 0.3 is 0 Å². The normalized spacial score (nSPS) is 19.0. The van der Waals surface area contributed by atoms with Gasteiger partial charge in [-0.05, 0) is 36.6 Å². The summed E-state index contributed by atoms with van der Waals surface area (Å²) in [6.45, 7) is 1.10. The predicted octanol–water partition coefficient (Wildman–Crippen LogP) is 1.92. The van der Waals surface area contributed by atoms with E-state index in [0.29, 0.717) is 43.8 Å². The Hall–Kier alpha value is -1.13. The Bertz CT molecular complexity index is 386. The summed E-state index contributed by atoms with van der Waals surface area (Å²) >= 11 is 0. The highest BCUT2D eigenvalue weighted by atomic mass is 19.1. The van der Waals surface area contributed by atoms with E-state index in [4.69, 9.17) is 9.47 Å². The molecular formula is C13H17FO3. The number of hydrogen-bond acceptors (Lipinski definition) is 3. The van der Waals surface area contributed by atoms with E-state index in [1.54, 1.807) is 13.2 Å². The van der Waals surface area contributed by atoms with Crippen LogP contribution in [0.25, 0.3) is 0 Å². The van der Waals surface area contributed by atoms with Gasteiger partial charge in [-0.25, -0.2) is 4.39 Å². The van der Waals surface area contributed by atoms with E-state index in [1.807, 2.05) is 0 Å². The van der Waals surface area contributed by atoms with Crippen LogP contribution in [0.1, 0.15) is 18.4 Å². The fourth-order valence-corrected chi connectivity index (χ4v) is 2.17. The van der Waals surface area contributed by atoms with Crippen LogP contribution in [-0.4, -0.2) is 31.0 Å². The van der Waals surface area contributed by atoms with Crippen molar-refractivity contribution >= 4 is 0 Å². The number of benzene rings is 1. The van der Waals surface area contributed by atoms with Crippen LogP contribution >= 0.6 is 0 Å². The quantitative estimate of drug-likeness (QED) is 0.877. The summed E-state index contributed by atoms with van der Waals surface area (Å²) in [6, 6.07) is 4.37. The SMILES string of the molecule is COc1ccc(F)cc1CC1(O)CCOCC1. The summed E-state index contributed by atoms with van der Waals surface area (Å²) in [5.74, 6) is 0.308. The molecule has 17 heavy (non-hydrogen) atoms. The molecule has 3 nitrogen and oxygen atoms in total. The molecule has 1 fully saturated rings. The molecular weight excluding hydrogens is 223 g/mol. The van der Waals surface area contributed by atoms with Gasteiger partial charge in [0.05, 0.1) is 12.7 Å². The lowest BCUT2D eigenvalue weighted by Crippen LogP contribution is -2.38. The summed E-state index contributed by atoms with van der Waals surface area (Å²) in [7, 11) is 1.55. The molecule has 0 aliphatic carbocycles. The van der Waals surface area contributed by atoms with Gasteiger partial charge in [-0.2, -0.15) is 0 Å². The molecule has 1 aliphatic rings. The summed E-state index contributed by atoms with van der Waals surface area (Å²) in [5, 5.41) is 10.4. The van der Waals surface area contributed by atoms with E-state index in [9.17, 15) is 9.50 Å². The van der Waals surface area contributed by atoms with Crippen LogP contribution in [0.2, 0.25) is 0 Å². The van der Waals surface area contributed by atoms with Crippen molar-refractivity contribution in [2.45, 2.75) is 24.9 Å². The van der Waals surface area contributed by atoms with Crippen LogP contribution in [0.15, 0.2) is 18.2 Å². The molecule has 0 aromatic heterocycles. The molecule has 0 unspecified atom stereocenters. The van der Waals surface area contributed by atoms with E-state index in [-0.39, 0.29) is 5.82 Å². The second-order valence-electron chi connectivity index (χ2n) is 4.47. The number of aliphatic hydroxyl groups is 1. The molecule has 0 amide bonds. The van der Waals surface area contributed by atoms with Gasteiger partial charge in [0, 0.05) is 19.6 Å². The van der Waals surface area contributed by atoms with Gasteiger partial charge in [0.1, 0.15) is 11.6 Å². The van der Waals surface area contributed by atoms with E-state index in [1.165, 1.54) is 12.1 Å². The van der Waals surface area contributed by atoms with Crippen LogP contribution in [0.4, 0.5) is 4.39 Å². The Morgan fingerprint density at radius 1 is 1.41 bits per heavy atom. The molecule has 2 rings (SSSR count). The van der Waals surface area contributed by atoms with Gasteiger partial charge in [0.25, 0.3) is 0 Å². The molecule has 0 bridgehead atoms. The zero-order valence-electron chi connectivity index (χ0n) is 9.91. The maximum atomic E-state index is 13.2. The first-order valence-corrected chi connectivity index (χ1v) is 5.75. The number of rotatable bonds is 3. The van der Waals surface area contributed by atoms with Crippen molar-refractivity contribution in [3.8, 4) is 5.75 Å². The van der Waals surface area contributed by atoms with Gasteiger partial charge in [0.15, 0.2) is 0 Å². The molecule has 1 aliphatic heterocycles. The Labute approximate surface area is 100 Å². The average molecular weight is 240 g/mol. The zero-order chi connectivity index (χ0) is 12.3. The lowest BCUT2D eigenvalue weighted by molar-refractivity contribution is -0.0628. The Kier molecular flexibility index (Phi) is 3.64. The van der Waals surface area contributed by atoms with E-state index < -0.39 is 5.60 Å². The number of hydrogen-bond donors (Lipinski definition) is 1. The van der Waals surface area contributed by atoms with Crippen molar-refractivity contribution in [3.63, 3.8) is 0 Å². The van der Waals surface area contributed by atoms with Gasteiger partial charge in [-0.1, -0.05) is 0 Å². The molecule has 1 N–H and O–H groups in total. The summed E-state index contributed by atoms with van der Waals surface area (Å²) < 4.78 is 23.6. The van der Waals surface area contributed by atoms with Crippen LogP contribution in [0.3, 0.4) is 0 Å². The molecule has 0 radical (unpaired) electrons. The first-order chi connectivity index (χ1) is 8.13. The van der Waals surface area contributed by atoms with Crippen molar-refractivity contribution < 1.29 is 19.0 Å².